The van der Waals surface area contributed by atoms with Crippen LogP contribution in [0.25, 0.3) is 0 Å². The molecule has 1 amide bonds. The maximum atomic E-state index is 12.4. The van der Waals surface area contributed by atoms with E-state index in [1.807, 2.05) is 47.4 Å². The molecule has 24 heavy (non-hydrogen) atoms. The van der Waals surface area contributed by atoms with Gasteiger partial charge in [0.25, 0.3) is 5.91 Å². The van der Waals surface area contributed by atoms with Gasteiger partial charge >= 0.3 is 0 Å². The van der Waals surface area contributed by atoms with E-state index in [1.165, 1.54) is 0 Å². The fraction of sp³-hybridized carbons (Fsp3) is 0.350. The minimum absolute atomic E-state index is 0.139. The van der Waals surface area contributed by atoms with E-state index < -0.39 is 0 Å². The van der Waals surface area contributed by atoms with Gasteiger partial charge in [-0.05, 0) is 54.3 Å². The highest BCUT2D eigenvalue weighted by Gasteiger charge is 2.23. The highest BCUT2D eigenvalue weighted by Crippen LogP contribution is 2.25. The van der Waals surface area contributed by atoms with Crippen molar-refractivity contribution in [1.29, 1.82) is 0 Å². The van der Waals surface area contributed by atoms with Crippen LogP contribution >= 0.6 is 0 Å². The Bertz CT molecular complexity index is 709. The normalized spacial score (nSPS) is 13.6. The molecule has 0 atom stereocenters. The van der Waals surface area contributed by atoms with Crippen LogP contribution in [-0.2, 0) is 13.0 Å². The second kappa shape index (κ2) is 7.39. The molecule has 0 unspecified atom stereocenters. The Kier molecular flexibility index (Phi) is 5.04. The highest BCUT2D eigenvalue weighted by molar-refractivity contribution is 5.96. The Hall–Kier alpha value is -2.49. The molecule has 0 aromatic heterocycles. The molecule has 0 spiro atoms. The van der Waals surface area contributed by atoms with Gasteiger partial charge in [-0.25, -0.2) is 0 Å². The molecule has 2 aromatic carbocycles. The van der Waals surface area contributed by atoms with Crippen LogP contribution in [0.3, 0.4) is 0 Å². The summed E-state index contributed by atoms with van der Waals surface area (Å²) in [6.07, 6.45) is 1.88. The number of nitrogens with zero attached hydrogens (tertiary/aromatic N) is 1. The highest BCUT2D eigenvalue weighted by atomic mass is 16.5. The summed E-state index contributed by atoms with van der Waals surface area (Å²) in [6.45, 7) is 4.22. The summed E-state index contributed by atoms with van der Waals surface area (Å²) in [5, 5.41) is 0. The molecule has 0 fully saturated rings. The molecule has 0 aliphatic carbocycles. The lowest BCUT2D eigenvalue weighted by Crippen LogP contribution is -2.37. The van der Waals surface area contributed by atoms with E-state index in [4.69, 9.17) is 9.47 Å². The minimum atomic E-state index is 0.139. The molecule has 0 N–H and O–H groups in total. The van der Waals surface area contributed by atoms with E-state index >= 15 is 0 Å². The number of ether oxygens (including phenoxy) is 2. The summed E-state index contributed by atoms with van der Waals surface area (Å²) in [7, 11) is 1.65. The van der Waals surface area contributed by atoms with Gasteiger partial charge < -0.3 is 14.4 Å². The molecule has 0 saturated carbocycles. The zero-order chi connectivity index (χ0) is 16.9. The zero-order valence-corrected chi connectivity index (χ0v) is 14.2. The number of amides is 1. The van der Waals surface area contributed by atoms with E-state index in [2.05, 4.69) is 6.92 Å². The van der Waals surface area contributed by atoms with Crippen LogP contribution in [0.5, 0.6) is 11.5 Å². The van der Waals surface area contributed by atoms with Gasteiger partial charge in [0.1, 0.15) is 18.1 Å². The lowest BCUT2D eigenvalue weighted by molar-refractivity contribution is 0.0739. The van der Waals surface area contributed by atoms with Crippen molar-refractivity contribution in [2.45, 2.75) is 26.4 Å². The van der Waals surface area contributed by atoms with Gasteiger partial charge in [0.15, 0.2) is 0 Å². The quantitative estimate of drug-likeness (QED) is 0.813. The smallest absolute Gasteiger partial charge is 0.254 e. The molecule has 4 nitrogen and oxygen atoms in total. The van der Waals surface area contributed by atoms with Crippen molar-refractivity contribution < 1.29 is 14.3 Å². The van der Waals surface area contributed by atoms with Gasteiger partial charge in [-0.3, -0.25) is 4.79 Å². The topological polar surface area (TPSA) is 38.8 Å². The van der Waals surface area contributed by atoms with Gasteiger partial charge in [-0.15, -0.1) is 0 Å². The van der Waals surface area contributed by atoms with E-state index in [1.54, 1.807) is 7.11 Å². The van der Waals surface area contributed by atoms with E-state index in [-0.39, 0.29) is 5.91 Å². The summed E-state index contributed by atoms with van der Waals surface area (Å²) in [5.41, 5.74) is 2.98. The van der Waals surface area contributed by atoms with E-state index in [9.17, 15) is 4.79 Å². The third-order valence-electron chi connectivity index (χ3n) is 4.30. The SMILES string of the molecule is CCCN1CCc2cc(OCc3ccc(OC)cc3)ccc2C1=O. The molecule has 3 rings (SSSR count). The largest absolute Gasteiger partial charge is 0.497 e. The third-order valence-corrected chi connectivity index (χ3v) is 4.30. The van der Waals surface area contributed by atoms with Gasteiger partial charge in [-0.2, -0.15) is 0 Å². The standard InChI is InChI=1S/C20H23NO3/c1-3-11-21-12-10-16-13-18(8-9-19(16)20(21)22)24-14-15-4-6-17(23-2)7-5-15/h4-9,13H,3,10-12,14H2,1-2H3. The van der Waals surface area contributed by atoms with Crippen LogP contribution in [0, 0.1) is 0 Å². The fourth-order valence-corrected chi connectivity index (χ4v) is 2.97. The van der Waals surface area contributed by atoms with Gasteiger partial charge in [0.05, 0.1) is 7.11 Å². The van der Waals surface area contributed by atoms with Crippen LogP contribution in [0.15, 0.2) is 42.5 Å². The third kappa shape index (κ3) is 3.53. The molecule has 1 aliphatic rings. The predicted octanol–water partition coefficient (Wildman–Crippen LogP) is 3.68. The summed E-state index contributed by atoms with van der Waals surface area (Å²) in [6, 6.07) is 13.6. The number of hydrogen-bond donors (Lipinski definition) is 0. The van der Waals surface area contributed by atoms with Crippen molar-refractivity contribution in [2.75, 3.05) is 20.2 Å². The second-order valence-corrected chi connectivity index (χ2v) is 6.00. The summed E-state index contributed by atoms with van der Waals surface area (Å²) in [5.74, 6) is 1.78. The van der Waals surface area contributed by atoms with Crippen molar-refractivity contribution in [1.82, 2.24) is 4.90 Å². The first-order valence-corrected chi connectivity index (χ1v) is 8.39. The molecule has 2 aromatic rings. The molecule has 0 saturated heterocycles. The molecule has 0 radical (unpaired) electrons. The van der Waals surface area contributed by atoms with Crippen molar-refractivity contribution in [3.05, 3.63) is 59.2 Å². The van der Waals surface area contributed by atoms with Crippen LogP contribution < -0.4 is 9.47 Å². The Morgan fingerprint density at radius 1 is 1.08 bits per heavy atom. The van der Waals surface area contributed by atoms with Gasteiger partial charge in [0, 0.05) is 18.7 Å². The van der Waals surface area contributed by atoms with Crippen molar-refractivity contribution >= 4 is 5.91 Å². The number of hydrogen-bond acceptors (Lipinski definition) is 3. The monoisotopic (exact) mass is 325 g/mol. The summed E-state index contributed by atoms with van der Waals surface area (Å²) < 4.78 is 11.0. The van der Waals surface area contributed by atoms with Crippen LogP contribution in [0.1, 0.15) is 34.8 Å². The number of carbonyl (C=O) groups is 1. The first-order valence-electron chi connectivity index (χ1n) is 8.39. The van der Waals surface area contributed by atoms with Crippen LogP contribution in [0.2, 0.25) is 0 Å². The molecule has 126 valence electrons. The number of benzene rings is 2. The van der Waals surface area contributed by atoms with Crippen LogP contribution in [0.4, 0.5) is 0 Å². The number of rotatable bonds is 6. The van der Waals surface area contributed by atoms with Gasteiger partial charge in [-0.1, -0.05) is 19.1 Å². The Morgan fingerprint density at radius 3 is 2.54 bits per heavy atom. The van der Waals surface area contributed by atoms with Crippen molar-refractivity contribution in [2.24, 2.45) is 0 Å². The first-order chi connectivity index (χ1) is 11.7. The fourth-order valence-electron chi connectivity index (χ4n) is 2.97. The van der Waals surface area contributed by atoms with Crippen molar-refractivity contribution in [3.8, 4) is 11.5 Å². The Labute approximate surface area is 143 Å². The van der Waals surface area contributed by atoms with Crippen LogP contribution in [-0.4, -0.2) is 31.0 Å². The molecule has 1 heterocycles. The number of carbonyl (C=O) groups excluding carboxylic acids is 1. The molecular weight excluding hydrogens is 302 g/mol. The lowest BCUT2D eigenvalue weighted by Gasteiger charge is -2.28. The molecule has 0 bridgehead atoms. The summed E-state index contributed by atoms with van der Waals surface area (Å²) in [4.78, 5) is 14.4. The van der Waals surface area contributed by atoms with Gasteiger partial charge in [0.2, 0.25) is 0 Å². The maximum Gasteiger partial charge on any atom is 0.254 e. The number of fused-ring (bicyclic) bond motifs is 1. The second-order valence-electron chi connectivity index (χ2n) is 6.00. The first kappa shape index (κ1) is 16.4. The summed E-state index contributed by atoms with van der Waals surface area (Å²) >= 11 is 0. The minimum Gasteiger partial charge on any atom is -0.497 e. The van der Waals surface area contributed by atoms with E-state index in [0.29, 0.717) is 6.61 Å². The average Bonchev–Trinajstić information content (AvgIpc) is 2.63. The molecule has 4 heteroatoms. The number of methoxy groups -OCH3 is 1. The average molecular weight is 325 g/mol. The Balaban J connectivity index is 1.67. The molecular formula is C20H23NO3. The zero-order valence-electron chi connectivity index (χ0n) is 14.2. The lowest BCUT2D eigenvalue weighted by atomic mass is 9.98. The predicted molar refractivity (Wildman–Crippen MR) is 93.7 cm³/mol. The van der Waals surface area contributed by atoms with Crippen molar-refractivity contribution in [3.63, 3.8) is 0 Å². The molecule has 1 aliphatic heterocycles. The maximum absolute atomic E-state index is 12.4. The van der Waals surface area contributed by atoms with E-state index in [0.717, 1.165) is 54.1 Å². The Morgan fingerprint density at radius 2 is 1.83 bits per heavy atom.